The zero-order valence-corrected chi connectivity index (χ0v) is 68.3. The summed E-state index contributed by atoms with van der Waals surface area (Å²) in [6.45, 7) is 19.6. The van der Waals surface area contributed by atoms with Crippen LogP contribution < -0.4 is 36.0 Å². The molecular formula is C73H110Cl11F3N14O10. The molecule has 4 aromatic heterocycles. The Morgan fingerprint density at radius 3 is 1.15 bits per heavy atom. The van der Waals surface area contributed by atoms with Crippen molar-refractivity contribution in [1.82, 2.24) is 40.0 Å². The third kappa shape index (κ3) is 36.1. The lowest BCUT2D eigenvalue weighted by Crippen LogP contribution is -2.41. The van der Waals surface area contributed by atoms with Gasteiger partial charge in [-0.1, -0.05) is 153 Å². The predicted octanol–water partition coefficient (Wildman–Crippen LogP) is 18.5. The number of nitrogens with zero attached hydrogens (tertiary/aromatic N) is 11. The number of amides is 4. The van der Waals surface area contributed by atoms with E-state index in [1.165, 1.54) is 66.1 Å². The number of ether oxygens (including phenoxy) is 5. The van der Waals surface area contributed by atoms with E-state index in [9.17, 15) is 32.7 Å². The fourth-order valence-corrected chi connectivity index (χ4v) is 13.2. The molecule has 24 nitrogen and oxygen atoms in total. The molecule has 0 spiro atoms. The van der Waals surface area contributed by atoms with Crippen LogP contribution in [0.3, 0.4) is 0 Å². The highest BCUT2D eigenvalue weighted by atomic mass is 35.5. The van der Waals surface area contributed by atoms with E-state index in [4.69, 9.17) is 152 Å². The Bertz CT molecular complexity index is 3670. The number of alkyl halides is 1. The van der Waals surface area contributed by atoms with Gasteiger partial charge >= 0.3 is 18.2 Å². The average Bonchev–Trinajstić information content (AvgIpc) is 1.65. The maximum atomic E-state index is 13.3. The van der Waals surface area contributed by atoms with Gasteiger partial charge in [0.25, 0.3) is 0 Å². The quantitative estimate of drug-likeness (QED) is 0.0887. The molecule has 6 N–H and O–H groups in total. The first-order chi connectivity index (χ1) is 50.1. The molecule has 630 valence electrons. The van der Waals surface area contributed by atoms with Crippen molar-refractivity contribution in [2.24, 2.45) is 0 Å². The van der Waals surface area contributed by atoms with Gasteiger partial charge in [0, 0.05) is 174 Å². The molecule has 4 unspecified atom stereocenters. The van der Waals surface area contributed by atoms with Gasteiger partial charge in [-0.2, -0.15) is 0 Å². The Kier molecular flexibility index (Phi) is 52.8. The van der Waals surface area contributed by atoms with E-state index in [1.54, 1.807) is 55.9 Å². The minimum atomic E-state index is -1.00. The van der Waals surface area contributed by atoms with E-state index in [0.29, 0.717) is 141 Å². The number of nitrogens with one attached hydrogen (secondary N) is 2. The number of carbonyl (C=O) groups is 3. The SMILES string of the molecule is C.C.C.C.C.CC(C)(C)OC(=O)N1CCN(c2c(Cl)cncc2Cl)CC(O)C1.CO.COC1CN(C(=O)Nc2ccc(F)c(Cl)c2)CCN(c2c(Cl)cncc2Cl)C1.COC1CN(C(=O)OC(C)(C)C)CCN(c2c(Cl)cncc2Cl)C1.COC1CNCCN(c2c(Cl)cncc2Cl)C1.Cl.Nc1ccc(F)c(Cl)c1.[2H]CF. The van der Waals surface area contributed by atoms with Gasteiger partial charge in [0.15, 0.2) is 0 Å². The molecule has 4 atom stereocenters. The topological polar surface area (TPSA) is 262 Å². The highest BCUT2D eigenvalue weighted by Gasteiger charge is 2.33. The Hall–Kier alpha value is -5.41. The third-order valence-corrected chi connectivity index (χ3v) is 17.9. The zero-order valence-electron chi connectivity index (χ0n) is 60.9. The number of hydrogen-bond acceptors (Lipinski definition) is 20. The fourth-order valence-electron chi connectivity index (χ4n) is 10.4. The van der Waals surface area contributed by atoms with Crippen LogP contribution in [-0.2, 0) is 23.7 Å². The van der Waals surface area contributed by atoms with Crippen LogP contribution in [0.1, 0.15) is 80.0 Å². The zero-order chi connectivity index (χ0) is 79.2. The number of nitrogen functional groups attached to an aromatic ring is 1. The summed E-state index contributed by atoms with van der Waals surface area (Å²) in [5.74, 6) is -0.985. The molecule has 6 aromatic rings. The average molecular weight is 1790 g/mol. The fraction of sp³-hybridized carbons (Fsp3) is 0.521. The molecule has 0 saturated carbocycles. The largest absolute Gasteiger partial charge is 0.444 e. The van der Waals surface area contributed by atoms with Gasteiger partial charge in [-0.3, -0.25) is 24.3 Å². The van der Waals surface area contributed by atoms with Crippen molar-refractivity contribution >= 4 is 181 Å². The first kappa shape index (κ1) is 108. The maximum Gasteiger partial charge on any atom is 0.410 e. The number of nitrogens with two attached hydrogens (primary N) is 1. The lowest BCUT2D eigenvalue weighted by molar-refractivity contribution is 0.0137. The summed E-state index contributed by atoms with van der Waals surface area (Å²) in [7, 11) is 4.92. The monoisotopic (exact) mass is 1790 g/mol. The minimum absolute atomic E-state index is 0. The Balaban J connectivity index is -0.00000132. The van der Waals surface area contributed by atoms with Crippen molar-refractivity contribution in [2.45, 2.75) is 114 Å². The number of β-amino-alcohol motifs (C(OH)–C–C–N with tert-alkyl or cyclic N) is 1. The van der Waals surface area contributed by atoms with Crippen LogP contribution in [0.5, 0.6) is 0 Å². The molecular weight excluding hydrogens is 1680 g/mol. The van der Waals surface area contributed by atoms with E-state index >= 15 is 0 Å². The second kappa shape index (κ2) is 54.4. The summed E-state index contributed by atoms with van der Waals surface area (Å²) in [5.41, 5.74) is 7.87. The van der Waals surface area contributed by atoms with Crippen LogP contribution in [0.25, 0.3) is 0 Å². The lowest BCUT2D eigenvalue weighted by atomic mass is 10.2. The van der Waals surface area contributed by atoms with Crippen LogP contribution in [-0.4, -0.2) is 239 Å². The Morgan fingerprint density at radius 2 is 0.811 bits per heavy atom. The van der Waals surface area contributed by atoms with Crippen LogP contribution in [0.2, 0.25) is 50.2 Å². The van der Waals surface area contributed by atoms with Crippen molar-refractivity contribution in [2.75, 3.05) is 171 Å². The smallest absolute Gasteiger partial charge is 0.410 e. The normalized spacial score (nSPS) is 16.8. The van der Waals surface area contributed by atoms with Crippen molar-refractivity contribution in [1.29, 1.82) is 0 Å². The molecule has 0 bridgehead atoms. The number of aliphatic hydroxyl groups is 2. The lowest BCUT2D eigenvalue weighted by Gasteiger charge is -2.27. The molecule has 2 aromatic carbocycles. The molecule has 4 fully saturated rings. The highest BCUT2D eigenvalue weighted by Crippen LogP contribution is 2.37. The van der Waals surface area contributed by atoms with E-state index in [0.717, 1.165) is 39.0 Å². The standard InChI is InChI=1S/C18H18Cl3FN4O2.C16H23Cl2N3O3.C15H21Cl2N3O3.C11H15Cl2N3O.C6H5ClFN.CH3F.CH4O.5CH4.ClH/c1-28-12-9-25(17-14(20)7-23-8-15(17)21)4-5-26(10-12)18(27)24-11-2-3-16(22)13(19)6-11;1-16(2,3)24-15(22)21-6-5-20(9-11(10-21)23-4)14-12(17)7-19-8-13(14)18;1-15(2,3)23-14(22)20-5-4-19(8-10(21)9-20)13-11(16)6-18-7-12(13)17;1-17-8-4-14-2-3-16(7-8)11-9(12)5-15-6-10(11)13;7-5-3-4(9)1-2-6(5)8;2*1-2;;;;;;/h2-3,6-8,12H,4-5,9-10H2,1H3,(H,24,27);7-8,11H,5-6,9-10H2,1-4H3;6-7,10,21H,4-5,8-9H2,1-3H3;5-6,8,14H,2-4,7H2,1H3;1-3H,9H2;1H3;2H,1H3;5*1H4;1H/i;;;;;1D;;;;;;;. The van der Waals surface area contributed by atoms with Crippen LogP contribution in [0.4, 0.5) is 61.7 Å². The number of anilines is 6. The van der Waals surface area contributed by atoms with E-state index in [1.807, 2.05) is 56.2 Å². The second-order valence-electron chi connectivity index (χ2n) is 25.1. The summed E-state index contributed by atoms with van der Waals surface area (Å²) in [6.07, 6.45) is 10.6. The van der Waals surface area contributed by atoms with Gasteiger partial charge in [0.05, 0.1) is 126 Å². The number of urea groups is 1. The Morgan fingerprint density at radius 1 is 0.495 bits per heavy atom. The van der Waals surface area contributed by atoms with Gasteiger partial charge in [0.2, 0.25) is 0 Å². The number of pyridine rings is 4. The number of carbonyl (C=O) groups excluding carboxylic acids is 3. The number of halogens is 14. The summed E-state index contributed by atoms with van der Waals surface area (Å²) >= 11 is 60.9. The molecule has 4 aliphatic rings. The summed E-state index contributed by atoms with van der Waals surface area (Å²) in [6, 6.07) is 7.75. The van der Waals surface area contributed by atoms with Crippen molar-refractivity contribution < 1.29 is 62.8 Å². The van der Waals surface area contributed by atoms with Crippen LogP contribution in [0, 0.1) is 11.6 Å². The number of benzene rings is 2. The maximum absolute atomic E-state index is 13.3. The number of rotatable bonds is 8. The van der Waals surface area contributed by atoms with Gasteiger partial charge < -0.3 is 84.6 Å². The van der Waals surface area contributed by atoms with Crippen LogP contribution in [0.15, 0.2) is 86.0 Å². The number of aliphatic hydroxyl groups excluding tert-OH is 2. The summed E-state index contributed by atoms with van der Waals surface area (Å²) in [5, 5.41) is 27.1. The molecule has 8 heterocycles. The van der Waals surface area contributed by atoms with Crippen molar-refractivity contribution in [3.63, 3.8) is 0 Å². The molecule has 0 aliphatic carbocycles. The minimum Gasteiger partial charge on any atom is -0.444 e. The van der Waals surface area contributed by atoms with E-state index < -0.39 is 42.2 Å². The van der Waals surface area contributed by atoms with E-state index in [-0.39, 0.29) is 96.6 Å². The number of aromatic nitrogens is 4. The molecule has 10 rings (SSSR count). The van der Waals surface area contributed by atoms with Crippen LogP contribution >= 0.6 is 128 Å². The summed E-state index contributed by atoms with van der Waals surface area (Å²) in [4.78, 5) is 65.9. The highest BCUT2D eigenvalue weighted by molar-refractivity contribution is 6.41. The number of methoxy groups -OCH3 is 3. The molecule has 0 radical (unpaired) electrons. The molecule has 4 amide bonds. The van der Waals surface area contributed by atoms with Crippen molar-refractivity contribution in [3.8, 4) is 0 Å². The van der Waals surface area contributed by atoms with Gasteiger partial charge in [-0.05, 0) is 77.9 Å². The van der Waals surface area contributed by atoms with Gasteiger partial charge in [-0.25, -0.2) is 23.2 Å². The second-order valence-corrected chi connectivity index (χ2v) is 29.1. The summed E-state index contributed by atoms with van der Waals surface area (Å²) < 4.78 is 68.4. The third-order valence-electron chi connectivity index (χ3n) is 15.1. The van der Waals surface area contributed by atoms with E-state index in [2.05, 4.69) is 35.5 Å². The molecule has 4 saturated heterocycles. The molecule has 111 heavy (non-hydrogen) atoms. The Labute approximate surface area is 711 Å². The molecule has 38 heteroatoms. The van der Waals surface area contributed by atoms with Gasteiger partial charge in [-0.15, -0.1) is 12.4 Å². The molecule has 4 aliphatic heterocycles. The van der Waals surface area contributed by atoms with Crippen molar-refractivity contribution in [3.05, 3.63) is 148 Å². The predicted molar refractivity (Wildman–Crippen MR) is 457 cm³/mol. The first-order valence-electron chi connectivity index (χ1n) is 32.9. The van der Waals surface area contributed by atoms with Gasteiger partial charge in [0.1, 0.15) is 22.8 Å². The first-order valence-corrected chi connectivity index (χ1v) is 36.0. The number of hydrogen-bond donors (Lipinski definition) is 5.